The van der Waals surface area contributed by atoms with E-state index < -0.39 is 0 Å². The zero-order valence-electron chi connectivity index (χ0n) is 13.6. The van der Waals surface area contributed by atoms with Gasteiger partial charge in [0, 0.05) is 0 Å². The van der Waals surface area contributed by atoms with Crippen LogP contribution >= 0.6 is 11.3 Å². The summed E-state index contributed by atoms with van der Waals surface area (Å²) in [4.78, 5) is 20.4. The molecule has 0 spiro atoms. The number of likely N-dealkylation sites (tertiary alicyclic amines) is 1. The molecule has 1 aromatic heterocycles. The summed E-state index contributed by atoms with van der Waals surface area (Å²) in [5.41, 5.74) is 1.97. The smallest absolute Gasteiger partial charge is 0.328 e. The van der Waals surface area contributed by atoms with Crippen LogP contribution in [0.3, 0.4) is 0 Å². The van der Waals surface area contributed by atoms with E-state index in [1.54, 1.807) is 11.3 Å². The fraction of sp³-hybridized carbons (Fsp3) is 0.444. The summed E-state index contributed by atoms with van der Waals surface area (Å²) in [7, 11) is 0. The van der Waals surface area contributed by atoms with Crippen molar-refractivity contribution in [1.29, 1.82) is 0 Å². The van der Waals surface area contributed by atoms with Crippen molar-refractivity contribution in [3.63, 3.8) is 0 Å². The van der Waals surface area contributed by atoms with Gasteiger partial charge in [-0.25, -0.2) is 9.78 Å². The van der Waals surface area contributed by atoms with Gasteiger partial charge < -0.3 is 4.74 Å². The Bertz CT molecular complexity index is 663. The van der Waals surface area contributed by atoms with Gasteiger partial charge in [-0.15, -0.1) is 11.3 Å². The molecule has 1 aromatic carbocycles. The Morgan fingerprint density at radius 2 is 1.96 bits per heavy atom. The van der Waals surface area contributed by atoms with Crippen molar-refractivity contribution in [3.05, 3.63) is 51.5 Å². The highest BCUT2D eigenvalue weighted by Crippen LogP contribution is 2.27. The summed E-state index contributed by atoms with van der Waals surface area (Å²) >= 11 is 1.59. The third-order valence-electron chi connectivity index (χ3n) is 4.19. The molecule has 0 bridgehead atoms. The molecule has 2 heterocycles. The maximum Gasteiger partial charge on any atom is 0.328 e. The molecule has 0 saturated carbocycles. The van der Waals surface area contributed by atoms with E-state index in [0.29, 0.717) is 6.61 Å². The number of benzene rings is 1. The summed E-state index contributed by atoms with van der Waals surface area (Å²) in [5.74, 6) is -0.163. The highest BCUT2D eigenvalue weighted by Gasteiger charge is 2.31. The summed E-state index contributed by atoms with van der Waals surface area (Å²) in [5, 5.41) is 1.01. The molecule has 0 N–H and O–H groups in total. The van der Waals surface area contributed by atoms with Crippen molar-refractivity contribution < 1.29 is 9.53 Å². The first-order valence-corrected chi connectivity index (χ1v) is 8.85. The minimum Gasteiger partial charge on any atom is -0.458 e. The van der Waals surface area contributed by atoms with Crippen molar-refractivity contribution in [2.24, 2.45) is 0 Å². The van der Waals surface area contributed by atoms with E-state index in [2.05, 4.69) is 9.88 Å². The van der Waals surface area contributed by atoms with Gasteiger partial charge in [0.2, 0.25) is 0 Å². The molecule has 0 unspecified atom stereocenters. The normalized spacial score (nSPS) is 16.4. The Hall–Kier alpha value is -1.72. The van der Waals surface area contributed by atoms with Gasteiger partial charge in [0.05, 0.1) is 15.6 Å². The largest absolute Gasteiger partial charge is 0.458 e. The molecule has 4 nitrogen and oxygen atoms in total. The number of nitrogens with zero attached hydrogens (tertiary/aromatic N) is 2. The molecular weight excluding hydrogens is 308 g/mol. The average molecular weight is 330 g/mol. The summed E-state index contributed by atoms with van der Waals surface area (Å²) in [6.07, 6.45) is 2.29. The number of carbonyl (C=O) groups is 1. The van der Waals surface area contributed by atoms with Crippen LogP contribution in [0.4, 0.5) is 0 Å². The third-order valence-corrected chi connectivity index (χ3v) is 5.24. The van der Waals surface area contributed by atoms with Crippen LogP contribution in [0.2, 0.25) is 0 Å². The molecule has 2 aromatic rings. The highest BCUT2D eigenvalue weighted by molar-refractivity contribution is 7.11. The van der Waals surface area contributed by atoms with Gasteiger partial charge in [-0.05, 0) is 45.3 Å². The van der Waals surface area contributed by atoms with Gasteiger partial charge in [0.15, 0.2) is 0 Å². The number of thiazole rings is 1. The molecule has 122 valence electrons. The van der Waals surface area contributed by atoms with Crippen LogP contribution in [-0.2, 0) is 16.1 Å². The van der Waals surface area contributed by atoms with Gasteiger partial charge in [-0.1, -0.05) is 30.3 Å². The molecule has 1 atom stereocenters. The number of hydrogen-bond acceptors (Lipinski definition) is 5. The average Bonchev–Trinajstić information content (AvgIpc) is 3.16. The van der Waals surface area contributed by atoms with Crippen LogP contribution in [-0.4, -0.2) is 28.9 Å². The van der Waals surface area contributed by atoms with E-state index in [9.17, 15) is 4.79 Å². The minimum absolute atomic E-state index is 0.163. The molecule has 0 radical (unpaired) electrons. The second-order valence-electron chi connectivity index (χ2n) is 5.91. The van der Waals surface area contributed by atoms with Crippen molar-refractivity contribution in [2.75, 3.05) is 13.1 Å². The fourth-order valence-electron chi connectivity index (χ4n) is 3.05. The van der Waals surface area contributed by atoms with Crippen molar-refractivity contribution >= 4 is 17.3 Å². The monoisotopic (exact) mass is 330 g/mol. The second kappa shape index (κ2) is 7.23. The first-order chi connectivity index (χ1) is 11.1. The Kier molecular flexibility index (Phi) is 5.08. The van der Waals surface area contributed by atoms with E-state index in [1.165, 1.54) is 0 Å². The van der Waals surface area contributed by atoms with Crippen LogP contribution < -0.4 is 0 Å². The van der Waals surface area contributed by atoms with E-state index in [0.717, 1.165) is 47.1 Å². The zero-order valence-corrected chi connectivity index (χ0v) is 14.4. The van der Waals surface area contributed by atoms with Crippen molar-refractivity contribution in [2.45, 2.75) is 39.3 Å². The zero-order chi connectivity index (χ0) is 16.2. The lowest BCUT2D eigenvalue weighted by atomic mass is 10.1. The minimum atomic E-state index is -0.298. The summed E-state index contributed by atoms with van der Waals surface area (Å²) < 4.78 is 5.64. The van der Waals surface area contributed by atoms with Gasteiger partial charge >= 0.3 is 5.97 Å². The molecule has 1 aliphatic heterocycles. The first kappa shape index (κ1) is 16.1. The number of aromatic nitrogens is 1. The Balaban J connectivity index is 1.74. The number of ether oxygens (including phenoxy) is 1. The molecule has 23 heavy (non-hydrogen) atoms. The first-order valence-electron chi connectivity index (χ1n) is 8.03. The molecular formula is C18H22N2O2S. The lowest BCUT2D eigenvalue weighted by Crippen LogP contribution is -2.33. The molecule has 1 saturated heterocycles. The third kappa shape index (κ3) is 3.79. The van der Waals surface area contributed by atoms with E-state index >= 15 is 0 Å². The Morgan fingerprint density at radius 1 is 1.26 bits per heavy atom. The van der Waals surface area contributed by atoms with Crippen LogP contribution in [0, 0.1) is 13.8 Å². The van der Waals surface area contributed by atoms with Gasteiger partial charge in [0.25, 0.3) is 0 Å². The quantitative estimate of drug-likeness (QED) is 0.785. The maximum atomic E-state index is 12.7. The van der Waals surface area contributed by atoms with E-state index in [-0.39, 0.29) is 12.0 Å². The van der Waals surface area contributed by atoms with Crippen LogP contribution in [0.25, 0.3) is 0 Å². The van der Waals surface area contributed by atoms with Crippen LogP contribution in [0.1, 0.15) is 40.0 Å². The maximum absolute atomic E-state index is 12.7. The molecule has 5 heteroatoms. The topological polar surface area (TPSA) is 42.4 Å². The molecule has 1 fully saturated rings. The van der Waals surface area contributed by atoms with Crippen molar-refractivity contribution in [1.82, 2.24) is 9.88 Å². The number of esters is 1. The Morgan fingerprint density at radius 3 is 2.57 bits per heavy atom. The number of hydrogen-bond donors (Lipinski definition) is 0. The Labute approximate surface area is 141 Å². The predicted molar refractivity (Wildman–Crippen MR) is 91.4 cm³/mol. The number of carbonyl (C=O) groups excluding carboxylic acids is 1. The lowest BCUT2D eigenvalue weighted by Gasteiger charge is -2.26. The highest BCUT2D eigenvalue weighted by atomic mass is 32.1. The van der Waals surface area contributed by atoms with E-state index in [1.807, 2.05) is 44.2 Å². The number of rotatable bonds is 5. The molecule has 3 rings (SSSR count). The lowest BCUT2D eigenvalue weighted by molar-refractivity contribution is -0.151. The molecule has 0 aliphatic carbocycles. The summed E-state index contributed by atoms with van der Waals surface area (Å²) in [6.45, 7) is 6.15. The van der Waals surface area contributed by atoms with Gasteiger partial charge in [0.1, 0.15) is 12.6 Å². The fourth-order valence-corrected chi connectivity index (χ4v) is 3.90. The summed E-state index contributed by atoms with van der Waals surface area (Å²) in [6, 6.07) is 9.64. The van der Waals surface area contributed by atoms with Crippen molar-refractivity contribution in [3.8, 4) is 0 Å². The van der Waals surface area contributed by atoms with Crippen LogP contribution in [0.5, 0.6) is 0 Å². The SMILES string of the molecule is Cc1nc(C)c(COC(=O)[C@@H](c2ccccc2)N2CCCC2)s1. The standard InChI is InChI=1S/C18H22N2O2S/c1-13-16(23-14(2)19-13)12-22-18(21)17(20-10-6-7-11-20)15-8-4-3-5-9-15/h3-5,8-9,17H,6-7,10-12H2,1-2H3/t17-/m1/s1. The van der Waals surface area contributed by atoms with Gasteiger partial charge in [-0.2, -0.15) is 0 Å². The molecule has 0 amide bonds. The number of aryl methyl sites for hydroxylation is 2. The predicted octanol–water partition coefficient (Wildman–Crippen LogP) is 3.64. The van der Waals surface area contributed by atoms with E-state index in [4.69, 9.17) is 4.74 Å². The molecule has 1 aliphatic rings. The second-order valence-corrected chi connectivity index (χ2v) is 7.19. The van der Waals surface area contributed by atoms with Gasteiger partial charge in [-0.3, -0.25) is 4.90 Å². The van der Waals surface area contributed by atoms with Crippen LogP contribution in [0.15, 0.2) is 30.3 Å².